The molecule has 3 nitrogen and oxygen atoms in total. The third-order valence-electron chi connectivity index (χ3n) is 6.15. The molecule has 0 radical (unpaired) electrons. The molecule has 0 amide bonds. The average Bonchev–Trinajstić information content (AvgIpc) is 2.78. The van der Waals surface area contributed by atoms with Crippen molar-refractivity contribution in [2.24, 2.45) is 0 Å². The van der Waals surface area contributed by atoms with E-state index in [0.717, 1.165) is 26.1 Å². The Morgan fingerprint density at radius 3 is 1.63 bits per heavy atom. The molecule has 0 saturated carbocycles. The summed E-state index contributed by atoms with van der Waals surface area (Å²) in [5.74, 6) is 0. The number of hydrogen-bond donors (Lipinski definition) is 1. The van der Waals surface area contributed by atoms with Gasteiger partial charge in [0.15, 0.2) is 6.29 Å². The van der Waals surface area contributed by atoms with Crippen molar-refractivity contribution in [2.45, 2.75) is 141 Å². The smallest absolute Gasteiger partial charge is 0.157 e. The zero-order valence-electron chi connectivity index (χ0n) is 20.0. The molecule has 0 aromatic carbocycles. The van der Waals surface area contributed by atoms with Crippen molar-refractivity contribution in [2.75, 3.05) is 19.8 Å². The molecule has 30 heavy (non-hydrogen) atoms. The topological polar surface area (TPSA) is 38.7 Å². The fourth-order valence-corrected chi connectivity index (χ4v) is 4.15. The van der Waals surface area contributed by atoms with Crippen LogP contribution in [0.2, 0.25) is 0 Å². The van der Waals surface area contributed by atoms with Crippen LogP contribution < -0.4 is 0 Å². The van der Waals surface area contributed by atoms with Gasteiger partial charge in [-0.1, -0.05) is 89.2 Å². The molecule has 1 aliphatic rings. The van der Waals surface area contributed by atoms with E-state index >= 15 is 0 Å². The molecule has 1 unspecified atom stereocenters. The molecular weight excluding hydrogens is 372 g/mol. The molecule has 1 rings (SSSR count). The molecule has 1 heterocycles. The van der Waals surface area contributed by atoms with E-state index in [1.807, 2.05) is 0 Å². The lowest BCUT2D eigenvalue weighted by Gasteiger charge is -2.22. The fourth-order valence-electron chi connectivity index (χ4n) is 4.15. The maximum atomic E-state index is 8.74. The number of unbranched alkanes of at least 4 members (excludes halogenated alkanes) is 16. The van der Waals surface area contributed by atoms with Crippen LogP contribution in [0.1, 0.15) is 135 Å². The molecule has 1 saturated heterocycles. The lowest BCUT2D eigenvalue weighted by atomic mass is 10.1. The van der Waals surface area contributed by atoms with Gasteiger partial charge in [0.25, 0.3) is 0 Å². The van der Waals surface area contributed by atoms with Crippen LogP contribution in [0.4, 0.5) is 0 Å². The van der Waals surface area contributed by atoms with Crippen molar-refractivity contribution in [3.05, 3.63) is 12.2 Å². The largest absolute Gasteiger partial charge is 0.396 e. The number of hydrogen-bond acceptors (Lipinski definition) is 3. The van der Waals surface area contributed by atoms with Gasteiger partial charge in [-0.05, 0) is 57.8 Å². The van der Waals surface area contributed by atoms with Gasteiger partial charge in [0.05, 0.1) is 0 Å². The summed E-state index contributed by atoms with van der Waals surface area (Å²) in [6, 6.07) is 0. The first-order valence-corrected chi connectivity index (χ1v) is 13.4. The van der Waals surface area contributed by atoms with Crippen LogP contribution in [0.3, 0.4) is 0 Å². The van der Waals surface area contributed by atoms with Crippen LogP contribution in [0.5, 0.6) is 0 Å². The van der Waals surface area contributed by atoms with E-state index < -0.39 is 0 Å². The molecule has 1 atom stereocenters. The SMILES string of the molecule is OCCCCCCCC/C=C\CCCCCCCCCCCCOC1CCCCO1. The van der Waals surface area contributed by atoms with Crippen LogP contribution in [-0.2, 0) is 9.47 Å². The van der Waals surface area contributed by atoms with E-state index in [9.17, 15) is 0 Å². The molecule has 1 fully saturated rings. The van der Waals surface area contributed by atoms with Crippen LogP contribution >= 0.6 is 0 Å². The van der Waals surface area contributed by atoms with Crippen LogP contribution in [0.25, 0.3) is 0 Å². The molecule has 0 aromatic heterocycles. The Morgan fingerprint density at radius 1 is 0.633 bits per heavy atom. The monoisotopic (exact) mass is 424 g/mol. The van der Waals surface area contributed by atoms with E-state index in [1.54, 1.807) is 0 Å². The molecule has 1 aliphatic heterocycles. The number of allylic oxidation sites excluding steroid dienone is 2. The van der Waals surface area contributed by atoms with E-state index in [-0.39, 0.29) is 6.29 Å². The second-order valence-corrected chi connectivity index (χ2v) is 9.10. The van der Waals surface area contributed by atoms with Gasteiger partial charge in [-0.15, -0.1) is 0 Å². The summed E-state index contributed by atoms with van der Waals surface area (Å²) in [6.45, 7) is 2.12. The highest BCUT2D eigenvalue weighted by Gasteiger charge is 2.13. The van der Waals surface area contributed by atoms with Crippen molar-refractivity contribution < 1.29 is 14.6 Å². The Balaban J connectivity index is 1.67. The van der Waals surface area contributed by atoms with Gasteiger partial charge < -0.3 is 14.6 Å². The highest BCUT2D eigenvalue weighted by Crippen LogP contribution is 2.15. The highest BCUT2D eigenvalue weighted by atomic mass is 16.7. The van der Waals surface area contributed by atoms with Gasteiger partial charge in [-0.2, -0.15) is 0 Å². The third-order valence-corrected chi connectivity index (χ3v) is 6.15. The molecule has 1 N–H and O–H groups in total. The van der Waals surface area contributed by atoms with Gasteiger partial charge in [-0.3, -0.25) is 0 Å². The highest BCUT2D eigenvalue weighted by molar-refractivity contribution is 4.81. The second-order valence-electron chi connectivity index (χ2n) is 9.10. The lowest BCUT2D eigenvalue weighted by molar-refractivity contribution is -0.162. The van der Waals surface area contributed by atoms with Gasteiger partial charge in [0, 0.05) is 19.8 Å². The van der Waals surface area contributed by atoms with Gasteiger partial charge in [0.1, 0.15) is 0 Å². The first kappa shape index (κ1) is 27.7. The summed E-state index contributed by atoms with van der Waals surface area (Å²) >= 11 is 0. The normalized spacial score (nSPS) is 17.2. The quantitative estimate of drug-likeness (QED) is 0.141. The molecule has 0 bridgehead atoms. The van der Waals surface area contributed by atoms with E-state index in [4.69, 9.17) is 14.6 Å². The molecule has 0 spiro atoms. The van der Waals surface area contributed by atoms with E-state index in [1.165, 1.54) is 122 Å². The number of rotatable bonds is 22. The van der Waals surface area contributed by atoms with Crippen molar-refractivity contribution in [1.29, 1.82) is 0 Å². The number of aliphatic hydroxyl groups excluding tert-OH is 1. The van der Waals surface area contributed by atoms with E-state index in [2.05, 4.69) is 12.2 Å². The minimum atomic E-state index is 0.0902. The van der Waals surface area contributed by atoms with Crippen LogP contribution in [0.15, 0.2) is 12.2 Å². The van der Waals surface area contributed by atoms with Gasteiger partial charge in [0.2, 0.25) is 0 Å². The standard InChI is InChI=1S/C27H52O3/c28-24-20-17-15-13-11-9-7-5-3-1-2-4-6-8-10-12-14-16-18-21-25-29-27-23-19-22-26-30-27/h3,5,27-28H,1-2,4,6-26H2/b5-3-. The summed E-state index contributed by atoms with van der Waals surface area (Å²) in [5.41, 5.74) is 0. The molecule has 178 valence electrons. The average molecular weight is 425 g/mol. The first-order valence-electron chi connectivity index (χ1n) is 13.4. The Kier molecular flexibility index (Phi) is 21.5. The van der Waals surface area contributed by atoms with Crippen LogP contribution in [-0.4, -0.2) is 31.2 Å². The maximum Gasteiger partial charge on any atom is 0.157 e. The van der Waals surface area contributed by atoms with Gasteiger partial charge >= 0.3 is 0 Å². The Labute approximate surface area is 188 Å². The minimum Gasteiger partial charge on any atom is -0.396 e. The first-order chi connectivity index (χ1) is 14.9. The predicted octanol–water partition coefficient (Wildman–Crippen LogP) is 8.10. The summed E-state index contributed by atoms with van der Waals surface area (Å²) < 4.78 is 11.4. The predicted molar refractivity (Wildman–Crippen MR) is 129 cm³/mol. The third kappa shape index (κ3) is 19.6. The minimum absolute atomic E-state index is 0.0902. The second kappa shape index (κ2) is 23.3. The van der Waals surface area contributed by atoms with Gasteiger partial charge in [-0.25, -0.2) is 0 Å². The summed E-state index contributed by atoms with van der Waals surface area (Å²) in [7, 11) is 0. The van der Waals surface area contributed by atoms with E-state index in [0.29, 0.717) is 6.61 Å². The van der Waals surface area contributed by atoms with Crippen molar-refractivity contribution in [3.8, 4) is 0 Å². The number of aliphatic hydroxyl groups is 1. The zero-order chi connectivity index (χ0) is 21.4. The van der Waals surface area contributed by atoms with Crippen LogP contribution in [0, 0.1) is 0 Å². The maximum absolute atomic E-state index is 8.74. The molecule has 0 aromatic rings. The summed E-state index contributed by atoms with van der Waals surface area (Å²) in [4.78, 5) is 0. The molecule has 3 heteroatoms. The van der Waals surface area contributed by atoms with Crippen molar-refractivity contribution >= 4 is 0 Å². The number of ether oxygens (including phenoxy) is 2. The fraction of sp³-hybridized carbons (Fsp3) is 0.926. The summed E-state index contributed by atoms with van der Waals surface area (Å²) in [6.07, 6.45) is 32.1. The van der Waals surface area contributed by atoms with Crippen molar-refractivity contribution in [1.82, 2.24) is 0 Å². The Bertz CT molecular complexity index is 350. The van der Waals surface area contributed by atoms with Crippen molar-refractivity contribution in [3.63, 3.8) is 0 Å². The molecular formula is C27H52O3. The Hall–Kier alpha value is -0.380. The lowest BCUT2D eigenvalue weighted by Crippen LogP contribution is -2.22. The summed E-state index contributed by atoms with van der Waals surface area (Å²) in [5, 5.41) is 8.74. The molecule has 0 aliphatic carbocycles. The zero-order valence-corrected chi connectivity index (χ0v) is 20.0. The Morgan fingerprint density at radius 2 is 1.13 bits per heavy atom.